The van der Waals surface area contributed by atoms with Crippen LogP contribution >= 0.6 is 24.0 Å². The molecule has 3 rings (SSSR count). The molecular weight excluding hydrogens is 491 g/mol. The maximum absolute atomic E-state index is 5.50. The van der Waals surface area contributed by atoms with Crippen LogP contribution in [0.5, 0.6) is 0 Å². The Bertz CT molecular complexity index is 654. The highest BCUT2D eigenvalue weighted by Gasteiger charge is 2.36. The number of hydrogen-bond donors (Lipinski definition) is 1. The molecule has 1 aromatic heterocycles. The number of nitrogens with one attached hydrogen (secondary N) is 1. The van der Waals surface area contributed by atoms with Crippen molar-refractivity contribution in [3.05, 3.63) is 11.6 Å². The quantitative estimate of drug-likeness (QED) is 0.249. The molecule has 1 spiro atoms. The van der Waals surface area contributed by atoms with Crippen LogP contribution < -0.4 is 5.32 Å². The van der Waals surface area contributed by atoms with Crippen LogP contribution in [0.1, 0.15) is 76.4 Å². The molecule has 2 aliphatic rings. The number of guanidine groups is 1. The van der Waals surface area contributed by atoms with Crippen LogP contribution in [0, 0.1) is 12.3 Å². The lowest BCUT2D eigenvalue weighted by Gasteiger charge is -2.44. The van der Waals surface area contributed by atoms with Gasteiger partial charge in [-0.05, 0) is 51.4 Å². The van der Waals surface area contributed by atoms with Crippen molar-refractivity contribution in [3.63, 3.8) is 0 Å². The molecule has 1 aliphatic carbocycles. The minimum atomic E-state index is 0. The molecule has 0 radical (unpaired) electrons. The maximum atomic E-state index is 5.50. The van der Waals surface area contributed by atoms with Crippen LogP contribution in [-0.2, 0) is 18.3 Å². The highest BCUT2D eigenvalue weighted by atomic mass is 127. The number of ether oxygens (including phenoxy) is 1. The molecule has 0 aromatic carbocycles. The summed E-state index contributed by atoms with van der Waals surface area (Å²) in [6, 6.07) is 0. The van der Waals surface area contributed by atoms with Gasteiger partial charge in [-0.1, -0.05) is 25.7 Å². The van der Waals surface area contributed by atoms with Crippen molar-refractivity contribution in [2.75, 3.05) is 32.8 Å². The molecule has 1 aromatic rings. The smallest absolute Gasteiger partial charge is 0.194 e. The summed E-state index contributed by atoms with van der Waals surface area (Å²) in [6.07, 6.45) is 12.0. The fourth-order valence-corrected chi connectivity index (χ4v) is 4.80. The second-order valence-electron chi connectivity index (χ2n) is 8.78. The Balaban J connectivity index is 0.00000320. The van der Waals surface area contributed by atoms with E-state index in [9.17, 15) is 0 Å². The van der Waals surface area contributed by atoms with E-state index in [-0.39, 0.29) is 24.0 Å². The molecule has 30 heavy (non-hydrogen) atoms. The number of aryl methyl sites for hydroxylation is 1. The molecule has 1 saturated heterocycles. The zero-order chi connectivity index (χ0) is 20.5. The van der Waals surface area contributed by atoms with Gasteiger partial charge in [0.05, 0.1) is 0 Å². The number of aliphatic imine (C=N–C) groups is 1. The van der Waals surface area contributed by atoms with E-state index in [2.05, 4.69) is 20.4 Å². The van der Waals surface area contributed by atoms with Gasteiger partial charge < -0.3 is 19.5 Å². The molecule has 0 unspecified atom stereocenters. The molecule has 2 fully saturated rings. The normalized spacial score (nSPS) is 19.4. The Morgan fingerprint density at radius 2 is 1.87 bits per heavy atom. The lowest BCUT2D eigenvalue weighted by Crippen LogP contribution is -2.50. The van der Waals surface area contributed by atoms with Gasteiger partial charge in [-0.3, -0.25) is 0 Å². The van der Waals surface area contributed by atoms with E-state index in [0.717, 1.165) is 56.9 Å². The largest absolute Gasteiger partial charge is 0.382 e. The van der Waals surface area contributed by atoms with Gasteiger partial charge in [-0.2, -0.15) is 0 Å². The number of likely N-dealkylation sites (tertiary alicyclic amines) is 1. The summed E-state index contributed by atoms with van der Waals surface area (Å²) < 4.78 is 7.52. The molecule has 1 aliphatic heterocycles. The van der Waals surface area contributed by atoms with E-state index in [1.807, 2.05) is 25.5 Å². The van der Waals surface area contributed by atoms with E-state index in [1.54, 1.807) is 0 Å². The SMILES string of the molecule is CCOCCCNC(=NCc1nnc(C)n1C)N1CCCC2(CCCCCC2)C1.I. The first kappa shape index (κ1) is 25.4. The summed E-state index contributed by atoms with van der Waals surface area (Å²) >= 11 is 0. The standard InChI is InChI=1S/C22H40N6O.HI/c1-4-29-16-10-14-23-21(24-17-20-26-25-19(2)27(20)3)28-15-9-13-22(18-28)11-7-5-6-8-12-22;/h4-18H2,1-3H3,(H,23,24);1H. The molecule has 2 heterocycles. The molecule has 172 valence electrons. The van der Waals surface area contributed by atoms with E-state index in [1.165, 1.54) is 51.4 Å². The topological polar surface area (TPSA) is 67.6 Å². The van der Waals surface area contributed by atoms with Crippen LogP contribution in [0.3, 0.4) is 0 Å². The zero-order valence-electron chi connectivity index (χ0n) is 19.2. The average Bonchev–Trinajstić information content (AvgIpc) is 2.91. The fraction of sp³-hybridized carbons (Fsp3) is 0.864. The van der Waals surface area contributed by atoms with Crippen LogP contribution in [0.15, 0.2) is 4.99 Å². The second kappa shape index (κ2) is 12.8. The molecule has 0 atom stereocenters. The molecule has 8 heteroatoms. The summed E-state index contributed by atoms with van der Waals surface area (Å²) in [5.74, 6) is 2.87. The van der Waals surface area contributed by atoms with Crippen LogP contribution in [-0.4, -0.2) is 58.5 Å². The number of halogens is 1. The summed E-state index contributed by atoms with van der Waals surface area (Å²) in [5, 5.41) is 12.1. The van der Waals surface area contributed by atoms with Gasteiger partial charge in [0.1, 0.15) is 12.4 Å². The maximum Gasteiger partial charge on any atom is 0.194 e. The van der Waals surface area contributed by atoms with Crippen molar-refractivity contribution in [1.29, 1.82) is 0 Å². The third kappa shape index (κ3) is 7.07. The first-order valence-corrected chi connectivity index (χ1v) is 11.6. The highest BCUT2D eigenvalue weighted by molar-refractivity contribution is 14.0. The summed E-state index contributed by atoms with van der Waals surface area (Å²) in [6.45, 7) is 9.29. The van der Waals surface area contributed by atoms with Crippen molar-refractivity contribution in [2.24, 2.45) is 17.5 Å². The third-order valence-electron chi connectivity index (χ3n) is 6.63. The van der Waals surface area contributed by atoms with E-state index >= 15 is 0 Å². The van der Waals surface area contributed by atoms with Crippen LogP contribution in [0.25, 0.3) is 0 Å². The van der Waals surface area contributed by atoms with E-state index in [4.69, 9.17) is 9.73 Å². The van der Waals surface area contributed by atoms with Gasteiger partial charge >= 0.3 is 0 Å². The van der Waals surface area contributed by atoms with Crippen molar-refractivity contribution < 1.29 is 4.74 Å². The van der Waals surface area contributed by atoms with Crippen molar-refractivity contribution >= 4 is 29.9 Å². The third-order valence-corrected chi connectivity index (χ3v) is 6.63. The van der Waals surface area contributed by atoms with Gasteiger partial charge in [0, 0.05) is 39.9 Å². The molecular formula is C22H41IN6O. The number of nitrogens with zero attached hydrogens (tertiary/aromatic N) is 5. The molecule has 7 nitrogen and oxygen atoms in total. The zero-order valence-corrected chi connectivity index (χ0v) is 21.5. The number of aromatic nitrogens is 3. The van der Waals surface area contributed by atoms with E-state index in [0.29, 0.717) is 12.0 Å². The monoisotopic (exact) mass is 532 g/mol. The lowest BCUT2D eigenvalue weighted by atomic mass is 9.74. The van der Waals surface area contributed by atoms with Crippen LogP contribution in [0.4, 0.5) is 0 Å². The lowest BCUT2D eigenvalue weighted by molar-refractivity contribution is 0.114. The molecule has 1 saturated carbocycles. The fourth-order valence-electron chi connectivity index (χ4n) is 4.80. The van der Waals surface area contributed by atoms with Gasteiger partial charge in [0.15, 0.2) is 11.8 Å². The predicted octanol–water partition coefficient (Wildman–Crippen LogP) is 4.05. The highest BCUT2D eigenvalue weighted by Crippen LogP contribution is 2.42. The Labute approximate surface area is 199 Å². The number of piperidine rings is 1. The number of rotatable bonds is 7. The Morgan fingerprint density at radius 1 is 1.13 bits per heavy atom. The Morgan fingerprint density at radius 3 is 2.53 bits per heavy atom. The van der Waals surface area contributed by atoms with Crippen molar-refractivity contribution in [1.82, 2.24) is 25.0 Å². The second-order valence-corrected chi connectivity index (χ2v) is 8.78. The van der Waals surface area contributed by atoms with E-state index < -0.39 is 0 Å². The van der Waals surface area contributed by atoms with Gasteiger partial charge in [-0.15, -0.1) is 34.2 Å². The van der Waals surface area contributed by atoms with Crippen LogP contribution in [0.2, 0.25) is 0 Å². The summed E-state index contributed by atoms with van der Waals surface area (Å²) in [7, 11) is 2.01. The molecule has 1 N–H and O–H groups in total. The Hall–Kier alpha value is -0.900. The predicted molar refractivity (Wildman–Crippen MR) is 132 cm³/mol. The van der Waals surface area contributed by atoms with Crippen molar-refractivity contribution in [3.8, 4) is 0 Å². The van der Waals surface area contributed by atoms with Crippen molar-refractivity contribution in [2.45, 2.75) is 78.2 Å². The Kier molecular flexibility index (Phi) is 10.8. The summed E-state index contributed by atoms with van der Waals surface area (Å²) in [5.41, 5.74) is 0.490. The average molecular weight is 533 g/mol. The van der Waals surface area contributed by atoms with Gasteiger partial charge in [0.25, 0.3) is 0 Å². The molecule has 0 amide bonds. The van der Waals surface area contributed by atoms with Gasteiger partial charge in [0.2, 0.25) is 0 Å². The molecule has 0 bridgehead atoms. The summed E-state index contributed by atoms with van der Waals surface area (Å²) in [4.78, 5) is 7.49. The van der Waals surface area contributed by atoms with Gasteiger partial charge in [-0.25, -0.2) is 4.99 Å². The minimum Gasteiger partial charge on any atom is -0.382 e. The first-order valence-electron chi connectivity index (χ1n) is 11.6. The first-order chi connectivity index (χ1) is 14.1. The number of hydrogen-bond acceptors (Lipinski definition) is 4. The minimum absolute atomic E-state index is 0.